The molecule has 2 unspecified atom stereocenters. The molecule has 0 radical (unpaired) electrons. The molecule has 2 atom stereocenters. The van der Waals surface area contributed by atoms with E-state index in [9.17, 15) is 4.79 Å². The predicted molar refractivity (Wildman–Crippen MR) is 83.6 cm³/mol. The lowest BCUT2D eigenvalue weighted by Crippen LogP contribution is -2.43. The number of carbonyl (C=O) groups is 1. The molecule has 1 N–H and O–H groups in total. The molecule has 0 bridgehead atoms. The number of nitrogens with zero attached hydrogens (tertiary/aromatic N) is 1. The molecular weight excluding hydrogens is 292 g/mol. The van der Waals surface area contributed by atoms with Crippen LogP contribution in [0.15, 0.2) is 23.1 Å². The predicted octanol–water partition coefficient (Wildman–Crippen LogP) is 2.74. The molecular formula is C15H19ClN2OS. The number of piperidine rings is 1. The third kappa shape index (κ3) is 2.69. The first-order chi connectivity index (χ1) is 9.69. The maximum Gasteiger partial charge on any atom is 0.255 e. The second-order valence-corrected chi connectivity index (χ2v) is 6.85. The highest BCUT2D eigenvalue weighted by Gasteiger charge is 2.35. The second kappa shape index (κ2) is 5.96. The van der Waals surface area contributed by atoms with Crippen molar-refractivity contribution in [3.8, 4) is 0 Å². The van der Waals surface area contributed by atoms with Crippen molar-refractivity contribution in [1.29, 1.82) is 0 Å². The highest BCUT2D eigenvalue weighted by atomic mass is 35.5. The summed E-state index contributed by atoms with van der Waals surface area (Å²) in [4.78, 5) is 15.7. The summed E-state index contributed by atoms with van der Waals surface area (Å²) in [5.41, 5.74) is 0.642. The Morgan fingerprint density at radius 3 is 3.00 bits per heavy atom. The van der Waals surface area contributed by atoms with Crippen molar-refractivity contribution in [3.63, 3.8) is 0 Å². The number of halogens is 1. The Hall–Kier alpha value is -0.710. The van der Waals surface area contributed by atoms with Gasteiger partial charge in [0.25, 0.3) is 5.91 Å². The van der Waals surface area contributed by atoms with Crippen LogP contribution < -0.4 is 5.32 Å². The minimum absolute atomic E-state index is 0.0799. The molecule has 1 amide bonds. The van der Waals surface area contributed by atoms with E-state index in [2.05, 4.69) is 5.32 Å². The van der Waals surface area contributed by atoms with Gasteiger partial charge in [-0.05, 0) is 55.8 Å². The zero-order chi connectivity index (χ0) is 14.1. The summed E-state index contributed by atoms with van der Waals surface area (Å²) in [5.74, 6) is 1.43. The van der Waals surface area contributed by atoms with Crippen molar-refractivity contribution in [2.45, 2.75) is 11.3 Å². The second-order valence-electron chi connectivity index (χ2n) is 5.56. The van der Waals surface area contributed by atoms with Gasteiger partial charge in [0.1, 0.15) is 0 Å². The Morgan fingerprint density at radius 1 is 1.40 bits per heavy atom. The highest BCUT2D eigenvalue weighted by Crippen LogP contribution is 2.29. The number of fused-ring (bicyclic) bond motifs is 1. The van der Waals surface area contributed by atoms with E-state index in [1.807, 2.05) is 29.4 Å². The van der Waals surface area contributed by atoms with Crippen molar-refractivity contribution >= 4 is 29.3 Å². The fourth-order valence-electron chi connectivity index (χ4n) is 3.18. The molecule has 108 valence electrons. The number of hydrogen-bond donors (Lipinski definition) is 1. The molecule has 1 aromatic rings. The van der Waals surface area contributed by atoms with Gasteiger partial charge in [-0.15, -0.1) is 11.8 Å². The van der Waals surface area contributed by atoms with E-state index in [4.69, 9.17) is 11.6 Å². The number of rotatable bonds is 2. The van der Waals surface area contributed by atoms with Gasteiger partial charge in [0.2, 0.25) is 0 Å². The maximum atomic E-state index is 12.7. The lowest BCUT2D eigenvalue weighted by atomic mass is 9.88. The molecule has 0 saturated carbocycles. The quantitative estimate of drug-likeness (QED) is 0.853. The Bertz CT molecular complexity index is 523. The molecule has 0 aliphatic carbocycles. The van der Waals surface area contributed by atoms with Gasteiger partial charge in [0.15, 0.2) is 0 Å². The summed E-state index contributed by atoms with van der Waals surface area (Å²) in [6.07, 6.45) is 3.11. The molecule has 3 nitrogen and oxygen atoms in total. The number of amides is 1. The zero-order valence-corrected chi connectivity index (χ0v) is 13.1. The van der Waals surface area contributed by atoms with Crippen molar-refractivity contribution in [2.75, 3.05) is 32.4 Å². The third-order valence-electron chi connectivity index (χ3n) is 4.40. The van der Waals surface area contributed by atoms with Crippen LogP contribution in [0.2, 0.25) is 5.02 Å². The van der Waals surface area contributed by atoms with E-state index in [1.54, 1.807) is 11.8 Å². The standard InChI is InChI=1S/C15H19ClN2OS/c1-20-12-2-3-14(16)13(6-12)15(19)18-5-4-10-7-17-8-11(10)9-18/h2-3,6,10-11,17H,4-5,7-9H2,1H3. The Kier molecular flexibility index (Phi) is 4.24. The van der Waals surface area contributed by atoms with Gasteiger partial charge in [-0.3, -0.25) is 4.79 Å². The van der Waals surface area contributed by atoms with Crippen LogP contribution in [-0.2, 0) is 0 Å². The molecule has 2 fully saturated rings. The lowest BCUT2D eigenvalue weighted by Gasteiger charge is -2.34. The number of likely N-dealkylation sites (tertiary alicyclic amines) is 1. The zero-order valence-electron chi connectivity index (χ0n) is 11.6. The van der Waals surface area contributed by atoms with Gasteiger partial charge in [-0.2, -0.15) is 0 Å². The monoisotopic (exact) mass is 310 g/mol. The molecule has 2 aliphatic rings. The number of hydrogen-bond acceptors (Lipinski definition) is 3. The molecule has 3 rings (SSSR count). The van der Waals surface area contributed by atoms with Crippen LogP contribution in [0.3, 0.4) is 0 Å². The summed E-state index contributed by atoms with van der Waals surface area (Å²) in [6, 6.07) is 5.69. The van der Waals surface area contributed by atoms with Gasteiger partial charge >= 0.3 is 0 Å². The van der Waals surface area contributed by atoms with E-state index in [0.29, 0.717) is 16.5 Å². The van der Waals surface area contributed by atoms with E-state index in [0.717, 1.165) is 43.4 Å². The topological polar surface area (TPSA) is 32.3 Å². The first-order valence-electron chi connectivity index (χ1n) is 7.02. The molecule has 0 aromatic heterocycles. The Morgan fingerprint density at radius 2 is 2.20 bits per heavy atom. The fraction of sp³-hybridized carbons (Fsp3) is 0.533. The van der Waals surface area contributed by atoms with Crippen molar-refractivity contribution in [3.05, 3.63) is 28.8 Å². The van der Waals surface area contributed by atoms with Crippen molar-refractivity contribution < 1.29 is 4.79 Å². The van der Waals surface area contributed by atoms with Gasteiger partial charge in [-0.25, -0.2) is 0 Å². The minimum atomic E-state index is 0.0799. The van der Waals surface area contributed by atoms with E-state index < -0.39 is 0 Å². The van der Waals surface area contributed by atoms with Crippen molar-refractivity contribution in [1.82, 2.24) is 10.2 Å². The van der Waals surface area contributed by atoms with Gasteiger partial charge in [0.05, 0.1) is 10.6 Å². The molecule has 1 aromatic carbocycles. The van der Waals surface area contributed by atoms with Crippen LogP contribution in [0.25, 0.3) is 0 Å². The lowest BCUT2D eigenvalue weighted by molar-refractivity contribution is 0.0642. The summed E-state index contributed by atoms with van der Waals surface area (Å²) < 4.78 is 0. The number of thioether (sulfide) groups is 1. The number of benzene rings is 1. The van der Waals surface area contributed by atoms with Crippen LogP contribution in [0, 0.1) is 11.8 Å². The van der Waals surface area contributed by atoms with Gasteiger partial charge in [0, 0.05) is 18.0 Å². The molecule has 2 saturated heterocycles. The van der Waals surface area contributed by atoms with Gasteiger partial charge < -0.3 is 10.2 Å². The first-order valence-corrected chi connectivity index (χ1v) is 8.63. The Labute approximate surface area is 129 Å². The van der Waals surface area contributed by atoms with E-state index in [1.165, 1.54) is 0 Å². The molecule has 5 heteroatoms. The largest absolute Gasteiger partial charge is 0.338 e. The number of carbonyl (C=O) groups excluding carboxylic acids is 1. The van der Waals surface area contributed by atoms with E-state index >= 15 is 0 Å². The smallest absolute Gasteiger partial charge is 0.255 e. The average Bonchev–Trinajstić information content (AvgIpc) is 2.94. The average molecular weight is 311 g/mol. The summed E-state index contributed by atoms with van der Waals surface area (Å²) in [6.45, 7) is 3.85. The SMILES string of the molecule is CSc1ccc(Cl)c(C(=O)N2CCC3CNCC3C2)c1. The molecule has 0 spiro atoms. The van der Waals surface area contributed by atoms with Crippen LogP contribution in [0.5, 0.6) is 0 Å². The third-order valence-corrected chi connectivity index (χ3v) is 5.45. The Balaban J connectivity index is 1.78. The van der Waals surface area contributed by atoms with Crippen LogP contribution >= 0.6 is 23.4 Å². The normalized spacial score (nSPS) is 25.6. The van der Waals surface area contributed by atoms with Crippen LogP contribution in [0.4, 0.5) is 0 Å². The van der Waals surface area contributed by atoms with Crippen molar-refractivity contribution in [2.24, 2.45) is 11.8 Å². The minimum Gasteiger partial charge on any atom is -0.338 e. The summed E-state index contributed by atoms with van der Waals surface area (Å²) >= 11 is 7.84. The molecule has 2 heterocycles. The fourth-order valence-corrected chi connectivity index (χ4v) is 3.82. The molecule has 2 aliphatic heterocycles. The summed E-state index contributed by atoms with van der Waals surface area (Å²) in [5, 5.41) is 3.98. The number of nitrogens with one attached hydrogen (secondary N) is 1. The summed E-state index contributed by atoms with van der Waals surface area (Å²) in [7, 11) is 0. The first kappa shape index (κ1) is 14.2. The maximum absolute atomic E-state index is 12.7. The van der Waals surface area contributed by atoms with E-state index in [-0.39, 0.29) is 5.91 Å². The highest BCUT2D eigenvalue weighted by molar-refractivity contribution is 7.98. The van der Waals surface area contributed by atoms with Crippen LogP contribution in [0.1, 0.15) is 16.8 Å². The van der Waals surface area contributed by atoms with Gasteiger partial charge in [-0.1, -0.05) is 11.6 Å². The molecule has 20 heavy (non-hydrogen) atoms. The van der Waals surface area contributed by atoms with Crippen LogP contribution in [-0.4, -0.2) is 43.2 Å².